The van der Waals surface area contributed by atoms with Crippen molar-refractivity contribution in [1.82, 2.24) is 15.6 Å². The lowest BCUT2D eigenvalue weighted by molar-refractivity contribution is 0.0953. The van der Waals surface area contributed by atoms with Gasteiger partial charge in [0.05, 0.1) is 5.56 Å². The van der Waals surface area contributed by atoms with Crippen molar-refractivity contribution in [2.75, 3.05) is 25.0 Å². The molecule has 0 aliphatic carbocycles. The number of carbonyl (C=O) groups is 2. The lowest BCUT2D eigenvalue weighted by Crippen LogP contribution is -2.37. The van der Waals surface area contributed by atoms with Crippen LogP contribution in [0.15, 0.2) is 18.3 Å². The van der Waals surface area contributed by atoms with Gasteiger partial charge in [0, 0.05) is 25.8 Å². The summed E-state index contributed by atoms with van der Waals surface area (Å²) in [5, 5.41) is 8.05. The van der Waals surface area contributed by atoms with E-state index >= 15 is 0 Å². The van der Waals surface area contributed by atoms with E-state index in [-0.39, 0.29) is 5.91 Å². The molecular formula is C11H17N5O2. The van der Waals surface area contributed by atoms with Gasteiger partial charge in [-0.15, -0.1) is 0 Å². The van der Waals surface area contributed by atoms with Gasteiger partial charge in [-0.2, -0.15) is 0 Å². The number of nitrogens with one attached hydrogen (secondary N) is 3. The summed E-state index contributed by atoms with van der Waals surface area (Å²) in [6.07, 6.45) is 1.49. The summed E-state index contributed by atoms with van der Waals surface area (Å²) >= 11 is 0. The molecule has 0 saturated heterocycles. The van der Waals surface area contributed by atoms with E-state index in [1.807, 2.05) is 6.92 Å². The van der Waals surface area contributed by atoms with Crippen LogP contribution in [0.3, 0.4) is 0 Å². The highest BCUT2D eigenvalue weighted by atomic mass is 16.2. The number of anilines is 1. The average Bonchev–Trinajstić information content (AvgIpc) is 2.35. The first-order chi connectivity index (χ1) is 8.63. The summed E-state index contributed by atoms with van der Waals surface area (Å²) in [5.74, 6) is 0.487. The number of hydrogen-bond acceptors (Lipinski definition) is 4. The molecule has 7 heteroatoms. The van der Waals surface area contributed by atoms with Crippen molar-refractivity contribution in [2.45, 2.75) is 6.92 Å². The van der Waals surface area contributed by atoms with Crippen molar-refractivity contribution in [3.05, 3.63) is 23.9 Å². The molecule has 0 bridgehead atoms. The minimum absolute atomic E-state index is 0.239. The van der Waals surface area contributed by atoms with Gasteiger partial charge in [0.15, 0.2) is 0 Å². The minimum atomic E-state index is -0.610. The molecule has 18 heavy (non-hydrogen) atoms. The molecule has 0 fully saturated rings. The van der Waals surface area contributed by atoms with E-state index in [1.54, 1.807) is 12.1 Å². The maximum atomic E-state index is 11.6. The smallest absolute Gasteiger partial charge is 0.312 e. The molecule has 7 nitrogen and oxygen atoms in total. The zero-order valence-corrected chi connectivity index (χ0v) is 10.2. The number of nitrogens with zero attached hydrogens (tertiary/aromatic N) is 1. The Morgan fingerprint density at radius 2 is 2.00 bits per heavy atom. The predicted octanol–water partition coefficient (Wildman–Crippen LogP) is -0.0885. The second-order valence-electron chi connectivity index (χ2n) is 3.51. The molecule has 0 atom stereocenters. The number of urea groups is 1. The van der Waals surface area contributed by atoms with Crippen molar-refractivity contribution in [3.8, 4) is 0 Å². The first kappa shape index (κ1) is 13.8. The highest BCUT2D eigenvalue weighted by molar-refractivity contribution is 5.94. The fraction of sp³-hybridized carbons (Fsp3) is 0.364. The topological polar surface area (TPSA) is 109 Å². The number of nitrogens with two attached hydrogens (primary N) is 1. The Bertz CT molecular complexity index is 404. The van der Waals surface area contributed by atoms with Crippen LogP contribution < -0.4 is 21.7 Å². The molecule has 0 aliphatic rings. The van der Waals surface area contributed by atoms with Crippen molar-refractivity contribution in [3.63, 3.8) is 0 Å². The predicted molar refractivity (Wildman–Crippen MR) is 68.3 cm³/mol. The maximum absolute atomic E-state index is 11.6. The van der Waals surface area contributed by atoms with Crippen LogP contribution in [0, 0.1) is 0 Å². The highest BCUT2D eigenvalue weighted by Gasteiger charge is 2.05. The van der Waals surface area contributed by atoms with Crippen LogP contribution in [-0.2, 0) is 0 Å². The van der Waals surface area contributed by atoms with Crippen molar-refractivity contribution < 1.29 is 9.59 Å². The van der Waals surface area contributed by atoms with Crippen molar-refractivity contribution in [2.24, 2.45) is 5.73 Å². The third-order valence-corrected chi connectivity index (χ3v) is 2.09. The van der Waals surface area contributed by atoms with Gasteiger partial charge in [-0.25, -0.2) is 9.78 Å². The average molecular weight is 251 g/mol. The molecule has 1 aromatic heterocycles. The zero-order chi connectivity index (χ0) is 13.4. The normalized spacial score (nSPS) is 9.61. The standard InChI is InChI=1S/C11H17N5O2/c1-2-13-9-4-3-8(7-16-9)10(17)14-5-6-15-11(12)18/h3-4,7H,2,5-6H2,1H3,(H,13,16)(H,14,17)(H3,12,15,18). The van der Waals surface area contributed by atoms with E-state index in [4.69, 9.17) is 5.73 Å². The maximum Gasteiger partial charge on any atom is 0.312 e. The third-order valence-electron chi connectivity index (χ3n) is 2.09. The SMILES string of the molecule is CCNc1ccc(C(=O)NCCNC(N)=O)cn1. The van der Waals surface area contributed by atoms with Crippen LogP contribution >= 0.6 is 0 Å². The Kier molecular flexibility index (Phi) is 5.43. The first-order valence-corrected chi connectivity index (χ1v) is 5.65. The van der Waals surface area contributed by atoms with Gasteiger partial charge in [-0.05, 0) is 19.1 Å². The van der Waals surface area contributed by atoms with E-state index in [1.165, 1.54) is 6.20 Å². The quantitative estimate of drug-likeness (QED) is 0.530. The molecule has 0 aromatic carbocycles. The van der Waals surface area contributed by atoms with Crippen LogP contribution in [0.2, 0.25) is 0 Å². The summed E-state index contributed by atoms with van der Waals surface area (Å²) in [6, 6.07) is 2.81. The molecular weight excluding hydrogens is 234 g/mol. The largest absolute Gasteiger partial charge is 0.370 e. The number of primary amides is 1. The number of amides is 3. The molecule has 1 heterocycles. The van der Waals surface area contributed by atoms with Gasteiger partial charge in [0.25, 0.3) is 5.91 Å². The molecule has 0 aliphatic heterocycles. The molecule has 3 amide bonds. The van der Waals surface area contributed by atoms with Gasteiger partial charge in [0.1, 0.15) is 5.82 Å². The summed E-state index contributed by atoms with van der Waals surface area (Å²) in [7, 11) is 0. The molecule has 1 rings (SSSR count). The summed E-state index contributed by atoms with van der Waals surface area (Å²) in [6.45, 7) is 3.35. The Hall–Kier alpha value is -2.31. The molecule has 0 unspecified atom stereocenters. The number of pyridine rings is 1. The Balaban J connectivity index is 2.39. The summed E-state index contributed by atoms with van der Waals surface area (Å²) in [4.78, 5) is 26.1. The fourth-order valence-electron chi connectivity index (χ4n) is 1.28. The second kappa shape index (κ2) is 7.10. The Labute approximate surface area is 105 Å². The van der Waals surface area contributed by atoms with E-state index < -0.39 is 6.03 Å². The second-order valence-corrected chi connectivity index (χ2v) is 3.51. The molecule has 5 N–H and O–H groups in total. The lowest BCUT2D eigenvalue weighted by atomic mass is 10.2. The highest BCUT2D eigenvalue weighted by Crippen LogP contribution is 2.04. The molecule has 0 radical (unpaired) electrons. The van der Waals surface area contributed by atoms with Gasteiger partial charge >= 0.3 is 6.03 Å². The summed E-state index contributed by atoms with van der Waals surface area (Å²) in [5.41, 5.74) is 5.35. The van der Waals surface area contributed by atoms with Crippen LogP contribution in [-0.4, -0.2) is 36.6 Å². The number of hydrogen-bond donors (Lipinski definition) is 4. The van der Waals surface area contributed by atoms with Gasteiger partial charge < -0.3 is 21.7 Å². The third kappa shape index (κ3) is 4.69. The molecule has 1 aromatic rings. The monoisotopic (exact) mass is 251 g/mol. The number of carbonyl (C=O) groups excluding carboxylic acids is 2. The van der Waals surface area contributed by atoms with Crippen LogP contribution in [0.4, 0.5) is 10.6 Å². The molecule has 0 spiro atoms. The fourth-order valence-corrected chi connectivity index (χ4v) is 1.28. The lowest BCUT2D eigenvalue weighted by Gasteiger charge is -2.06. The number of rotatable bonds is 6. The minimum Gasteiger partial charge on any atom is -0.370 e. The van der Waals surface area contributed by atoms with E-state index in [0.717, 1.165) is 12.4 Å². The molecule has 0 saturated carbocycles. The van der Waals surface area contributed by atoms with Gasteiger partial charge in [0.2, 0.25) is 0 Å². The van der Waals surface area contributed by atoms with Crippen molar-refractivity contribution in [1.29, 1.82) is 0 Å². The van der Waals surface area contributed by atoms with Crippen LogP contribution in [0.25, 0.3) is 0 Å². The molecule has 98 valence electrons. The van der Waals surface area contributed by atoms with Crippen LogP contribution in [0.5, 0.6) is 0 Å². The van der Waals surface area contributed by atoms with E-state index in [2.05, 4.69) is 20.9 Å². The van der Waals surface area contributed by atoms with Crippen LogP contribution in [0.1, 0.15) is 17.3 Å². The van der Waals surface area contributed by atoms with Gasteiger partial charge in [-0.1, -0.05) is 0 Å². The zero-order valence-electron chi connectivity index (χ0n) is 10.2. The van der Waals surface area contributed by atoms with E-state index in [9.17, 15) is 9.59 Å². The summed E-state index contributed by atoms with van der Waals surface area (Å²) < 4.78 is 0. The Morgan fingerprint density at radius 3 is 2.56 bits per heavy atom. The van der Waals surface area contributed by atoms with Crippen molar-refractivity contribution >= 4 is 17.8 Å². The van der Waals surface area contributed by atoms with E-state index in [0.29, 0.717) is 18.7 Å². The first-order valence-electron chi connectivity index (χ1n) is 5.65. The number of aromatic nitrogens is 1. The Morgan fingerprint density at radius 1 is 1.28 bits per heavy atom. The van der Waals surface area contributed by atoms with Gasteiger partial charge in [-0.3, -0.25) is 4.79 Å².